The van der Waals surface area contributed by atoms with E-state index >= 15 is 0 Å². The van der Waals surface area contributed by atoms with Gasteiger partial charge in [-0.2, -0.15) is 10.1 Å². The van der Waals surface area contributed by atoms with Gasteiger partial charge in [0.1, 0.15) is 29.6 Å². The van der Waals surface area contributed by atoms with Gasteiger partial charge in [0.2, 0.25) is 5.95 Å². The van der Waals surface area contributed by atoms with E-state index in [9.17, 15) is 4.79 Å². The Kier molecular flexibility index (Phi) is 4.12. The summed E-state index contributed by atoms with van der Waals surface area (Å²) in [6, 6.07) is 8.87. The largest absolute Gasteiger partial charge is 0.497 e. The minimum absolute atomic E-state index is 0.00826. The van der Waals surface area contributed by atoms with Gasteiger partial charge in [-0.1, -0.05) is 0 Å². The van der Waals surface area contributed by atoms with Crippen LogP contribution in [0.1, 0.15) is 36.1 Å². The molecule has 0 amide bonds. The lowest BCUT2D eigenvalue weighted by Gasteiger charge is -2.35. The average molecular weight is 392 g/mol. The van der Waals surface area contributed by atoms with Crippen LogP contribution in [0, 0.1) is 0 Å². The van der Waals surface area contributed by atoms with Gasteiger partial charge in [-0.15, -0.1) is 0 Å². The number of Topliss-reactive ketones (excluding diaryl/α,β-unsaturated/α-hetero) is 1. The van der Waals surface area contributed by atoms with Crippen molar-refractivity contribution in [2.45, 2.75) is 24.8 Å². The van der Waals surface area contributed by atoms with Gasteiger partial charge in [-0.25, -0.2) is 4.68 Å². The van der Waals surface area contributed by atoms with Crippen molar-refractivity contribution in [2.24, 2.45) is 0 Å². The molecular formula is C21H20N4O4. The standard InChI is InChI=1S/C21H20N4O4/c1-27-13-5-6-18(28-2)14(10-13)20-19-15(24-21-22-11-23-25(20)21)8-12(9-16(19)26)17-4-3-7-29-17/h3-7,10-12,20H,8-9H2,1-2H3,(H,22,23,24)/t12-,20-/m1/s1. The molecule has 1 aliphatic heterocycles. The molecule has 0 saturated carbocycles. The highest BCUT2D eigenvalue weighted by atomic mass is 16.5. The fraction of sp³-hybridized carbons (Fsp3) is 0.286. The van der Waals surface area contributed by atoms with Gasteiger partial charge >= 0.3 is 0 Å². The maximum Gasteiger partial charge on any atom is 0.226 e. The van der Waals surface area contributed by atoms with Crippen molar-refractivity contribution in [3.63, 3.8) is 0 Å². The number of nitrogens with one attached hydrogen (secondary N) is 1. The van der Waals surface area contributed by atoms with Gasteiger partial charge < -0.3 is 19.2 Å². The number of ketones is 1. The van der Waals surface area contributed by atoms with Crippen LogP contribution >= 0.6 is 0 Å². The van der Waals surface area contributed by atoms with E-state index in [1.165, 1.54) is 6.33 Å². The van der Waals surface area contributed by atoms with Crippen LogP contribution in [0.4, 0.5) is 5.95 Å². The third kappa shape index (κ3) is 2.79. The zero-order chi connectivity index (χ0) is 20.0. The van der Waals surface area contributed by atoms with Crippen LogP contribution < -0.4 is 14.8 Å². The molecule has 0 fully saturated rings. The van der Waals surface area contributed by atoms with Crippen LogP contribution in [0.5, 0.6) is 11.5 Å². The lowest BCUT2D eigenvalue weighted by atomic mass is 9.79. The number of anilines is 1. The Hall–Kier alpha value is -3.55. The van der Waals surface area contributed by atoms with E-state index in [0.717, 1.165) is 17.0 Å². The first-order chi connectivity index (χ1) is 14.2. The summed E-state index contributed by atoms with van der Waals surface area (Å²) in [6.07, 6.45) is 4.15. The topological polar surface area (TPSA) is 91.4 Å². The molecule has 0 unspecified atom stereocenters. The smallest absolute Gasteiger partial charge is 0.226 e. The third-order valence-electron chi connectivity index (χ3n) is 5.54. The van der Waals surface area contributed by atoms with Crippen molar-refractivity contribution >= 4 is 11.7 Å². The number of benzene rings is 1. The molecule has 8 nitrogen and oxygen atoms in total. The summed E-state index contributed by atoms with van der Waals surface area (Å²) >= 11 is 0. The summed E-state index contributed by atoms with van der Waals surface area (Å²) < 4.78 is 18.3. The minimum Gasteiger partial charge on any atom is -0.497 e. The van der Waals surface area contributed by atoms with Gasteiger partial charge in [-0.3, -0.25) is 4.79 Å². The predicted octanol–water partition coefficient (Wildman–Crippen LogP) is 3.30. The van der Waals surface area contributed by atoms with E-state index in [0.29, 0.717) is 35.9 Å². The number of fused-ring (bicyclic) bond motifs is 1. The van der Waals surface area contributed by atoms with Gasteiger partial charge in [0.05, 0.1) is 20.5 Å². The Morgan fingerprint density at radius 1 is 1.21 bits per heavy atom. The van der Waals surface area contributed by atoms with E-state index in [-0.39, 0.29) is 11.7 Å². The van der Waals surface area contributed by atoms with Gasteiger partial charge in [0.25, 0.3) is 0 Å². The first kappa shape index (κ1) is 17.5. The molecule has 2 aliphatic rings. The van der Waals surface area contributed by atoms with Crippen molar-refractivity contribution in [3.8, 4) is 11.5 Å². The highest BCUT2D eigenvalue weighted by Gasteiger charge is 2.41. The Balaban J connectivity index is 1.66. The summed E-state index contributed by atoms with van der Waals surface area (Å²) in [4.78, 5) is 17.7. The second-order valence-corrected chi connectivity index (χ2v) is 7.10. The van der Waals surface area contributed by atoms with Gasteiger partial charge in [0, 0.05) is 29.2 Å². The number of furan rings is 1. The molecule has 8 heteroatoms. The molecule has 5 rings (SSSR count). The number of hydrogen-bond donors (Lipinski definition) is 1. The number of aromatic nitrogens is 3. The highest BCUT2D eigenvalue weighted by Crippen LogP contribution is 2.46. The fourth-order valence-electron chi connectivity index (χ4n) is 4.22. The predicted molar refractivity (Wildman–Crippen MR) is 104 cm³/mol. The normalized spacial score (nSPS) is 20.7. The summed E-state index contributed by atoms with van der Waals surface area (Å²) in [7, 11) is 3.22. The van der Waals surface area contributed by atoms with Crippen LogP contribution in [-0.2, 0) is 4.79 Å². The maximum absolute atomic E-state index is 13.3. The number of carbonyl (C=O) groups is 1. The molecule has 0 radical (unpaired) electrons. The second-order valence-electron chi connectivity index (χ2n) is 7.10. The SMILES string of the molecule is COc1ccc(OC)c([C@@H]2C3=C(C[C@@H](c4ccco4)CC3=O)Nc3ncnn32)c1. The minimum atomic E-state index is -0.446. The van der Waals surface area contributed by atoms with Crippen molar-refractivity contribution in [1.82, 2.24) is 14.8 Å². The monoisotopic (exact) mass is 392 g/mol. The van der Waals surface area contributed by atoms with Crippen LogP contribution in [0.2, 0.25) is 0 Å². The molecule has 0 saturated heterocycles. The van der Waals surface area contributed by atoms with Crippen LogP contribution in [0.3, 0.4) is 0 Å². The number of allylic oxidation sites excluding steroid dienone is 2. The molecule has 2 aromatic heterocycles. The lowest BCUT2D eigenvalue weighted by molar-refractivity contribution is -0.117. The number of nitrogens with zero attached hydrogens (tertiary/aromatic N) is 3. The van der Waals surface area contributed by atoms with E-state index < -0.39 is 6.04 Å². The van der Waals surface area contributed by atoms with E-state index in [2.05, 4.69) is 15.4 Å². The number of ether oxygens (including phenoxy) is 2. The molecule has 0 bridgehead atoms. The van der Waals surface area contributed by atoms with Crippen LogP contribution in [-0.4, -0.2) is 34.8 Å². The second kappa shape index (κ2) is 6.80. The maximum atomic E-state index is 13.3. The summed E-state index contributed by atoms with van der Waals surface area (Å²) in [5.41, 5.74) is 2.33. The molecule has 2 atom stereocenters. The summed E-state index contributed by atoms with van der Waals surface area (Å²) in [6.45, 7) is 0. The molecule has 1 N–H and O–H groups in total. The molecule has 0 spiro atoms. The number of carbonyl (C=O) groups excluding carboxylic acids is 1. The third-order valence-corrected chi connectivity index (χ3v) is 5.54. The molecule has 148 valence electrons. The van der Waals surface area contributed by atoms with Crippen molar-refractivity contribution in [1.29, 1.82) is 0 Å². The number of rotatable bonds is 4. The zero-order valence-electron chi connectivity index (χ0n) is 16.1. The first-order valence-corrected chi connectivity index (χ1v) is 9.37. The average Bonchev–Trinajstić information content (AvgIpc) is 3.43. The lowest BCUT2D eigenvalue weighted by Crippen LogP contribution is -2.33. The molecule has 1 aliphatic carbocycles. The number of methoxy groups -OCH3 is 2. The first-order valence-electron chi connectivity index (χ1n) is 9.37. The van der Waals surface area contributed by atoms with Crippen molar-refractivity contribution in [2.75, 3.05) is 19.5 Å². The Labute approximate surface area is 167 Å². The number of hydrogen-bond acceptors (Lipinski definition) is 7. The highest BCUT2D eigenvalue weighted by molar-refractivity contribution is 6.00. The van der Waals surface area contributed by atoms with Crippen LogP contribution in [0.25, 0.3) is 0 Å². The fourth-order valence-corrected chi connectivity index (χ4v) is 4.22. The molecule has 3 aromatic rings. The van der Waals surface area contributed by atoms with Gasteiger partial charge in [-0.05, 0) is 36.8 Å². The van der Waals surface area contributed by atoms with Gasteiger partial charge in [0.15, 0.2) is 5.78 Å². The van der Waals surface area contributed by atoms with Crippen molar-refractivity contribution < 1.29 is 18.7 Å². The zero-order valence-corrected chi connectivity index (χ0v) is 16.1. The summed E-state index contributed by atoms with van der Waals surface area (Å²) in [5.74, 6) is 2.79. The molecule has 29 heavy (non-hydrogen) atoms. The van der Waals surface area contributed by atoms with Crippen LogP contribution in [0.15, 0.2) is 58.6 Å². The summed E-state index contributed by atoms with van der Waals surface area (Å²) in [5, 5.41) is 7.68. The van der Waals surface area contributed by atoms with E-state index in [1.54, 1.807) is 25.2 Å². The Bertz CT molecular complexity index is 1100. The molecule has 3 heterocycles. The van der Waals surface area contributed by atoms with Crippen molar-refractivity contribution in [3.05, 3.63) is 65.5 Å². The molecular weight excluding hydrogens is 372 g/mol. The Morgan fingerprint density at radius 2 is 2.10 bits per heavy atom. The van der Waals surface area contributed by atoms with E-state index in [1.807, 2.05) is 30.3 Å². The quantitative estimate of drug-likeness (QED) is 0.728. The molecule has 1 aromatic carbocycles. The Morgan fingerprint density at radius 3 is 2.86 bits per heavy atom. The van der Waals surface area contributed by atoms with E-state index in [4.69, 9.17) is 13.9 Å².